The van der Waals surface area contributed by atoms with Gasteiger partial charge in [-0.3, -0.25) is 0 Å². The summed E-state index contributed by atoms with van der Waals surface area (Å²) in [6, 6.07) is 5.40. The molecule has 0 bridgehead atoms. The highest BCUT2D eigenvalue weighted by Crippen LogP contribution is 2.41. The third kappa shape index (κ3) is 2.82. The summed E-state index contributed by atoms with van der Waals surface area (Å²) in [5.74, 6) is -0.355. The lowest BCUT2D eigenvalue weighted by molar-refractivity contribution is 0.0605. The topological polar surface area (TPSA) is 26.3 Å². The van der Waals surface area contributed by atoms with E-state index < -0.39 is 0 Å². The van der Waals surface area contributed by atoms with Crippen molar-refractivity contribution in [1.29, 1.82) is 0 Å². The van der Waals surface area contributed by atoms with Crippen LogP contribution in [0, 0.1) is 6.92 Å². The van der Waals surface area contributed by atoms with E-state index in [1.807, 2.05) is 13.0 Å². The molecule has 2 nitrogen and oxygen atoms in total. The van der Waals surface area contributed by atoms with E-state index >= 15 is 0 Å². The van der Waals surface area contributed by atoms with Crippen LogP contribution < -0.4 is 0 Å². The van der Waals surface area contributed by atoms with E-state index in [0.717, 1.165) is 20.5 Å². The Bertz CT molecular complexity index is 652. The summed E-state index contributed by atoms with van der Waals surface area (Å²) in [6.45, 7) is 1.94. The van der Waals surface area contributed by atoms with Crippen LogP contribution >= 0.6 is 50.5 Å². The molecule has 0 amide bonds. The van der Waals surface area contributed by atoms with Gasteiger partial charge in [0.05, 0.1) is 17.2 Å². The van der Waals surface area contributed by atoms with Gasteiger partial charge in [0, 0.05) is 9.35 Å². The van der Waals surface area contributed by atoms with Crippen LogP contribution in [0.25, 0.3) is 10.4 Å². The zero-order valence-electron chi connectivity index (χ0n) is 10.1. The third-order valence-corrected chi connectivity index (χ3v) is 5.94. The molecule has 0 unspecified atom stereocenters. The van der Waals surface area contributed by atoms with Crippen LogP contribution in [0.1, 0.15) is 15.2 Å². The van der Waals surface area contributed by atoms with Crippen molar-refractivity contribution in [3.05, 3.63) is 43.2 Å². The van der Waals surface area contributed by atoms with Crippen LogP contribution in [-0.2, 0) is 4.74 Å². The molecule has 19 heavy (non-hydrogen) atoms. The molecule has 0 N–H and O–H groups in total. The summed E-state index contributed by atoms with van der Waals surface area (Å²) in [5, 5.41) is 0.995. The van der Waals surface area contributed by atoms with Crippen molar-refractivity contribution in [3.8, 4) is 10.4 Å². The van der Waals surface area contributed by atoms with Crippen LogP contribution in [0.15, 0.2) is 22.7 Å². The number of thiophene rings is 1. The fourth-order valence-corrected chi connectivity index (χ4v) is 3.78. The lowest BCUT2D eigenvalue weighted by Crippen LogP contribution is -1.98. The Morgan fingerprint density at radius 3 is 2.58 bits per heavy atom. The first-order valence-corrected chi connectivity index (χ1v) is 7.65. The zero-order chi connectivity index (χ0) is 14.2. The monoisotopic (exact) mass is 378 g/mol. The predicted octanol–water partition coefficient (Wildman–Crippen LogP) is 5.58. The molecule has 0 aliphatic rings. The summed E-state index contributed by atoms with van der Waals surface area (Å²) in [5.41, 5.74) is 1.90. The van der Waals surface area contributed by atoms with Gasteiger partial charge in [-0.25, -0.2) is 4.79 Å². The van der Waals surface area contributed by atoms with Gasteiger partial charge >= 0.3 is 5.97 Å². The molecule has 0 saturated carbocycles. The van der Waals surface area contributed by atoms with Gasteiger partial charge in [0.2, 0.25) is 0 Å². The van der Waals surface area contributed by atoms with Gasteiger partial charge in [-0.05, 0) is 46.1 Å². The van der Waals surface area contributed by atoms with Gasteiger partial charge in [-0.1, -0.05) is 29.3 Å². The van der Waals surface area contributed by atoms with Gasteiger partial charge in [0.1, 0.15) is 4.88 Å². The van der Waals surface area contributed by atoms with Crippen LogP contribution in [0.4, 0.5) is 0 Å². The lowest BCUT2D eigenvalue weighted by Gasteiger charge is -2.02. The number of hydrogen-bond acceptors (Lipinski definition) is 3. The second kappa shape index (κ2) is 5.83. The molecule has 6 heteroatoms. The van der Waals surface area contributed by atoms with Gasteiger partial charge in [0.15, 0.2) is 0 Å². The first-order chi connectivity index (χ1) is 8.95. The van der Waals surface area contributed by atoms with Gasteiger partial charge in [0.25, 0.3) is 0 Å². The van der Waals surface area contributed by atoms with Crippen molar-refractivity contribution in [2.75, 3.05) is 7.11 Å². The SMILES string of the molecule is COC(=O)c1sc(-c2ccc(Cl)c(Cl)c2)c(C)c1Br. The minimum atomic E-state index is -0.355. The highest BCUT2D eigenvalue weighted by Gasteiger charge is 2.20. The van der Waals surface area contributed by atoms with E-state index in [9.17, 15) is 4.79 Å². The Morgan fingerprint density at radius 2 is 2.00 bits per heavy atom. The summed E-state index contributed by atoms with van der Waals surface area (Å²) < 4.78 is 5.51. The van der Waals surface area contributed by atoms with Crippen LogP contribution in [-0.4, -0.2) is 13.1 Å². The minimum absolute atomic E-state index is 0.355. The maximum absolute atomic E-state index is 11.7. The molecule has 0 spiro atoms. The van der Waals surface area contributed by atoms with E-state index in [4.69, 9.17) is 27.9 Å². The largest absolute Gasteiger partial charge is 0.465 e. The number of ether oxygens (including phenoxy) is 1. The molecule has 0 fully saturated rings. The summed E-state index contributed by atoms with van der Waals surface area (Å²) in [6.07, 6.45) is 0. The van der Waals surface area contributed by atoms with E-state index in [-0.39, 0.29) is 5.97 Å². The highest BCUT2D eigenvalue weighted by atomic mass is 79.9. The summed E-state index contributed by atoms with van der Waals surface area (Å²) >= 11 is 16.7. The van der Waals surface area contributed by atoms with E-state index in [1.165, 1.54) is 18.4 Å². The second-order valence-electron chi connectivity index (χ2n) is 3.82. The maximum Gasteiger partial charge on any atom is 0.349 e. The van der Waals surface area contributed by atoms with E-state index in [1.54, 1.807) is 12.1 Å². The summed E-state index contributed by atoms with van der Waals surface area (Å²) in [4.78, 5) is 13.2. The predicted molar refractivity (Wildman–Crippen MR) is 83.6 cm³/mol. The van der Waals surface area contributed by atoms with E-state index in [0.29, 0.717) is 14.9 Å². The Balaban J connectivity index is 2.57. The Hall–Kier alpha value is -0.550. The van der Waals surface area contributed by atoms with Crippen molar-refractivity contribution >= 4 is 56.4 Å². The molecule has 0 aliphatic carbocycles. The molecule has 2 rings (SSSR count). The lowest BCUT2D eigenvalue weighted by atomic mass is 10.1. The number of hydrogen-bond donors (Lipinski definition) is 0. The molecule has 100 valence electrons. The fourth-order valence-electron chi connectivity index (χ4n) is 1.63. The maximum atomic E-state index is 11.7. The van der Waals surface area contributed by atoms with Crippen molar-refractivity contribution in [2.45, 2.75) is 6.92 Å². The minimum Gasteiger partial charge on any atom is -0.465 e. The van der Waals surface area contributed by atoms with Crippen molar-refractivity contribution in [2.24, 2.45) is 0 Å². The van der Waals surface area contributed by atoms with E-state index in [2.05, 4.69) is 15.9 Å². The number of benzene rings is 1. The third-order valence-electron chi connectivity index (χ3n) is 2.63. The molecular formula is C13H9BrCl2O2S. The molecule has 1 heterocycles. The number of carbonyl (C=O) groups is 1. The van der Waals surface area contributed by atoms with Crippen molar-refractivity contribution < 1.29 is 9.53 Å². The quantitative estimate of drug-likeness (QED) is 0.636. The average molecular weight is 380 g/mol. The number of rotatable bonds is 2. The molecular weight excluding hydrogens is 371 g/mol. The first-order valence-electron chi connectivity index (χ1n) is 5.28. The normalized spacial score (nSPS) is 10.6. The van der Waals surface area contributed by atoms with Crippen LogP contribution in [0.2, 0.25) is 10.0 Å². The Morgan fingerprint density at radius 1 is 1.32 bits per heavy atom. The molecule has 0 atom stereocenters. The van der Waals surface area contributed by atoms with Crippen molar-refractivity contribution in [3.63, 3.8) is 0 Å². The van der Waals surface area contributed by atoms with Crippen LogP contribution in [0.3, 0.4) is 0 Å². The van der Waals surface area contributed by atoms with Crippen LogP contribution in [0.5, 0.6) is 0 Å². The molecule has 1 aromatic carbocycles. The average Bonchev–Trinajstić information content (AvgIpc) is 2.69. The zero-order valence-corrected chi connectivity index (χ0v) is 14.0. The standard InChI is InChI=1S/C13H9BrCl2O2S/c1-6-10(14)12(13(17)18-2)19-11(6)7-3-4-8(15)9(16)5-7/h3-5H,1-2H3. The van der Waals surface area contributed by atoms with Crippen molar-refractivity contribution in [1.82, 2.24) is 0 Å². The molecule has 1 aromatic heterocycles. The molecule has 2 aromatic rings. The summed E-state index contributed by atoms with van der Waals surface area (Å²) in [7, 11) is 1.36. The van der Waals surface area contributed by atoms with Gasteiger partial charge < -0.3 is 4.74 Å². The number of esters is 1. The molecule has 0 radical (unpaired) electrons. The van der Waals surface area contributed by atoms with Gasteiger partial charge in [-0.2, -0.15) is 0 Å². The number of halogens is 3. The Labute approximate surface area is 133 Å². The molecule has 0 aliphatic heterocycles. The second-order valence-corrected chi connectivity index (χ2v) is 6.45. The highest BCUT2D eigenvalue weighted by molar-refractivity contribution is 9.10. The smallest absolute Gasteiger partial charge is 0.349 e. The number of carbonyl (C=O) groups excluding carboxylic acids is 1. The fraction of sp³-hybridized carbons (Fsp3) is 0.154. The first kappa shape index (κ1) is 14.9. The number of methoxy groups -OCH3 is 1. The van der Waals surface area contributed by atoms with Gasteiger partial charge in [-0.15, -0.1) is 11.3 Å². The Kier molecular flexibility index (Phi) is 4.56. The molecule has 0 saturated heterocycles.